The molecule has 3 rings (SSSR count). The minimum atomic E-state index is -0.736. The Morgan fingerprint density at radius 2 is 2.08 bits per heavy atom. The predicted molar refractivity (Wildman–Crippen MR) is 90.3 cm³/mol. The lowest BCUT2D eigenvalue weighted by Gasteiger charge is -2.20. The van der Waals surface area contributed by atoms with E-state index in [0.717, 1.165) is 11.0 Å². The van der Waals surface area contributed by atoms with Crippen LogP contribution < -0.4 is 5.32 Å². The highest BCUT2D eigenvalue weighted by atomic mass is 16.4. The van der Waals surface area contributed by atoms with Crippen molar-refractivity contribution in [1.82, 2.24) is 14.9 Å². The molecule has 0 fully saturated rings. The molecule has 6 nitrogen and oxygen atoms in total. The molecule has 6 heteroatoms. The molecule has 0 radical (unpaired) electrons. The second kappa shape index (κ2) is 6.88. The summed E-state index contributed by atoms with van der Waals surface area (Å²) in [6.07, 6.45) is 2.85. The Labute approximate surface area is 140 Å². The fourth-order valence-electron chi connectivity index (χ4n) is 2.77. The van der Waals surface area contributed by atoms with Crippen LogP contribution in [0.5, 0.6) is 0 Å². The summed E-state index contributed by atoms with van der Waals surface area (Å²) in [6.45, 7) is 3.70. The number of benzene rings is 1. The molecule has 0 unspecified atom stereocenters. The van der Waals surface area contributed by atoms with Crippen molar-refractivity contribution in [2.75, 3.05) is 0 Å². The first-order valence-electron chi connectivity index (χ1n) is 7.99. The molecule has 1 aromatic carbocycles. The number of carbonyl (C=O) groups is 1. The first-order valence-corrected chi connectivity index (χ1v) is 7.99. The van der Waals surface area contributed by atoms with Crippen LogP contribution in [0.3, 0.4) is 0 Å². The number of para-hydroxylation sites is 2. The van der Waals surface area contributed by atoms with Crippen LogP contribution in [0.25, 0.3) is 11.0 Å². The van der Waals surface area contributed by atoms with Crippen molar-refractivity contribution in [2.24, 2.45) is 0 Å². The van der Waals surface area contributed by atoms with E-state index in [4.69, 9.17) is 4.42 Å². The maximum absolute atomic E-state index is 12.5. The first-order chi connectivity index (χ1) is 11.6. The molecule has 0 aliphatic heterocycles. The van der Waals surface area contributed by atoms with Crippen molar-refractivity contribution in [3.63, 3.8) is 0 Å². The average Bonchev–Trinajstić information content (AvgIpc) is 3.23. The van der Waals surface area contributed by atoms with E-state index in [1.807, 2.05) is 42.7 Å². The molecular weight excluding hydrogens is 306 g/mol. The van der Waals surface area contributed by atoms with Crippen molar-refractivity contribution in [2.45, 2.75) is 38.5 Å². The van der Waals surface area contributed by atoms with E-state index in [9.17, 15) is 9.90 Å². The van der Waals surface area contributed by atoms with E-state index in [1.54, 1.807) is 18.5 Å². The van der Waals surface area contributed by atoms with Crippen molar-refractivity contribution in [1.29, 1.82) is 0 Å². The van der Waals surface area contributed by atoms with Gasteiger partial charge < -0.3 is 19.4 Å². The van der Waals surface area contributed by atoms with Gasteiger partial charge in [0.2, 0.25) is 5.91 Å². The second-order valence-electron chi connectivity index (χ2n) is 5.99. The molecule has 0 saturated carbocycles. The molecule has 3 atom stereocenters. The van der Waals surface area contributed by atoms with Crippen LogP contribution >= 0.6 is 0 Å². The summed E-state index contributed by atoms with van der Waals surface area (Å²) < 4.78 is 7.03. The Kier molecular flexibility index (Phi) is 4.66. The van der Waals surface area contributed by atoms with Gasteiger partial charge in [0, 0.05) is 12.5 Å². The molecule has 0 spiro atoms. The van der Waals surface area contributed by atoms with Gasteiger partial charge in [-0.3, -0.25) is 4.79 Å². The van der Waals surface area contributed by atoms with Gasteiger partial charge in [-0.15, -0.1) is 0 Å². The Morgan fingerprint density at radius 1 is 1.29 bits per heavy atom. The maximum atomic E-state index is 12.5. The molecule has 0 aliphatic carbocycles. The number of imidazole rings is 1. The van der Waals surface area contributed by atoms with Gasteiger partial charge in [-0.1, -0.05) is 12.1 Å². The number of nitrogens with one attached hydrogen (secondary N) is 1. The summed E-state index contributed by atoms with van der Waals surface area (Å²) in [5.41, 5.74) is 1.78. The van der Waals surface area contributed by atoms with Gasteiger partial charge in [-0.25, -0.2) is 4.98 Å². The van der Waals surface area contributed by atoms with Crippen molar-refractivity contribution in [3.05, 3.63) is 54.7 Å². The van der Waals surface area contributed by atoms with Gasteiger partial charge in [-0.2, -0.15) is 0 Å². The van der Waals surface area contributed by atoms with Crippen LogP contribution in [0, 0.1) is 0 Å². The summed E-state index contributed by atoms with van der Waals surface area (Å²) in [4.78, 5) is 16.8. The van der Waals surface area contributed by atoms with Crippen LogP contribution in [-0.2, 0) is 4.79 Å². The maximum Gasteiger partial charge on any atom is 0.243 e. The zero-order chi connectivity index (χ0) is 17.1. The smallest absolute Gasteiger partial charge is 0.243 e. The van der Waals surface area contributed by atoms with Crippen molar-refractivity contribution in [3.8, 4) is 0 Å². The molecule has 0 saturated heterocycles. The number of aromatic nitrogens is 2. The second-order valence-corrected chi connectivity index (χ2v) is 5.99. The minimum absolute atomic E-state index is 0.114. The topological polar surface area (TPSA) is 80.3 Å². The molecule has 3 aromatic rings. The highest BCUT2D eigenvalue weighted by molar-refractivity contribution is 5.83. The lowest BCUT2D eigenvalue weighted by molar-refractivity contribution is -0.124. The third-order valence-corrected chi connectivity index (χ3v) is 4.11. The van der Waals surface area contributed by atoms with Crippen LogP contribution in [0.2, 0.25) is 0 Å². The van der Waals surface area contributed by atoms with Gasteiger partial charge in [0.05, 0.1) is 23.6 Å². The zero-order valence-corrected chi connectivity index (χ0v) is 13.7. The van der Waals surface area contributed by atoms with Gasteiger partial charge in [0.25, 0.3) is 0 Å². The van der Waals surface area contributed by atoms with Gasteiger partial charge in [0.15, 0.2) is 0 Å². The summed E-state index contributed by atoms with van der Waals surface area (Å²) in [5, 5.41) is 13.0. The fourth-order valence-corrected chi connectivity index (χ4v) is 2.77. The Bertz CT molecular complexity index is 810. The number of hydrogen-bond acceptors (Lipinski definition) is 4. The van der Waals surface area contributed by atoms with Crippen molar-refractivity contribution < 1.29 is 14.3 Å². The largest absolute Gasteiger partial charge is 0.467 e. The van der Waals surface area contributed by atoms with E-state index in [2.05, 4.69) is 10.3 Å². The lowest BCUT2D eigenvalue weighted by atomic mass is 10.1. The highest BCUT2D eigenvalue weighted by Gasteiger charge is 2.21. The summed E-state index contributed by atoms with van der Waals surface area (Å²) in [7, 11) is 0. The molecule has 2 N–H and O–H groups in total. The van der Waals surface area contributed by atoms with E-state index in [0.29, 0.717) is 12.2 Å². The standard InChI is InChI=1S/C18H21N3O3/c1-12(10-16(22)17-8-5-9-24-17)20-18(23)13(2)21-11-19-14-6-3-4-7-15(14)21/h3-9,11-13,16,22H,10H2,1-2H3,(H,20,23)/t12-,13+,16+/m0/s1. The molecule has 0 aliphatic rings. The monoisotopic (exact) mass is 327 g/mol. The molecule has 0 bridgehead atoms. The zero-order valence-electron chi connectivity index (χ0n) is 13.7. The lowest BCUT2D eigenvalue weighted by Crippen LogP contribution is -2.38. The average molecular weight is 327 g/mol. The van der Waals surface area contributed by atoms with E-state index < -0.39 is 6.10 Å². The predicted octanol–water partition coefficient (Wildman–Crippen LogP) is 2.82. The minimum Gasteiger partial charge on any atom is -0.467 e. The number of aliphatic hydroxyl groups excluding tert-OH is 1. The summed E-state index contributed by atoms with van der Waals surface area (Å²) in [6, 6.07) is 10.6. The Balaban J connectivity index is 1.63. The van der Waals surface area contributed by atoms with Crippen molar-refractivity contribution >= 4 is 16.9 Å². The molecule has 1 amide bonds. The number of furan rings is 1. The number of fused-ring (bicyclic) bond motifs is 1. The Morgan fingerprint density at radius 3 is 2.83 bits per heavy atom. The number of aliphatic hydroxyl groups is 1. The fraction of sp³-hybridized carbons (Fsp3) is 0.333. The molecular formula is C18H21N3O3. The molecule has 126 valence electrons. The van der Waals surface area contributed by atoms with Crippen LogP contribution in [0.15, 0.2) is 53.4 Å². The molecule has 2 aromatic heterocycles. The number of carbonyl (C=O) groups excluding carboxylic acids is 1. The van der Waals surface area contributed by atoms with Gasteiger partial charge in [-0.05, 0) is 38.1 Å². The van der Waals surface area contributed by atoms with Crippen LogP contribution in [0.4, 0.5) is 0 Å². The number of rotatable bonds is 6. The first kappa shape index (κ1) is 16.3. The van der Waals surface area contributed by atoms with E-state index >= 15 is 0 Å². The van der Waals surface area contributed by atoms with Gasteiger partial charge in [0.1, 0.15) is 17.9 Å². The Hall–Kier alpha value is -2.60. The number of amides is 1. The van der Waals surface area contributed by atoms with E-state index in [1.165, 1.54) is 6.26 Å². The van der Waals surface area contributed by atoms with Gasteiger partial charge >= 0.3 is 0 Å². The highest BCUT2D eigenvalue weighted by Crippen LogP contribution is 2.20. The molecule has 2 heterocycles. The SMILES string of the molecule is C[C@H](C(=O)N[C@@H](C)C[C@@H](O)c1ccco1)n1cnc2ccccc21. The normalized spacial score (nSPS) is 15.1. The van der Waals surface area contributed by atoms with E-state index in [-0.39, 0.29) is 18.0 Å². The van der Waals surface area contributed by atoms with Crippen LogP contribution in [0.1, 0.15) is 38.2 Å². The third kappa shape index (κ3) is 3.33. The number of hydrogen-bond donors (Lipinski definition) is 2. The number of nitrogens with zero attached hydrogens (tertiary/aromatic N) is 2. The summed E-state index contributed by atoms with van der Waals surface area (Å²) in [5.74, 6) is 0.391. The van der Waals surface area contributed by atoms with Crippen LogP contribution in [-0.4, -0.2) is 26.6 Å². The quantitative estimate of drug-likeness (QED) is 0.729. The summed E-state index contributed by atoms with van der Waals surface area (Å²) >= 11 is 0. The molecule has 24 heavy (non-hydrogen) atoms. The third-order valence-electron chi connectivity index (χ3n) is 4.11.